The van der Waals surface area contributed by atoms with Crippen LogP contribution in [0.2, 0.25) is 0 Å². The van der Waals surface area contributed by atoms with E-state index in [1.807, 2.05) is 38.1 Å². The molecule has 3 N–H and O–H groups in total. The zero-order valence-corrected chi connectivity index (χ0v) is 16.1. The second-order valence-corrected chi connectivity index (χ2v) is 7.46. The number of piperazine rings is 1. The van der Waals surface area contributed by atoms with E-state index >= 15 is 0 Å². The Kier molecular flexibility index (Phi) is 5.68. The van der Waals surface area contributed by atoms with E-state index in [-0.39, 0.29) is 29.8 Å². The van der Waals surface area contributed by atoms with Gasteiger partial charge in [0.15, 0.2) is 0 Å². The largest absolute Gasteiger partial charge is 0.342 e. The zero-order valence-electron chi connectivity index (χ0n) is 16.1. The third-order valence-electron chi connectivity index (χ3n) is 5.59. The molecule has 3 rings (SSSR count). The first kappa shape index (κ1) is 19.2. The SMILES string of the molecule is CCc1cccc(NC(=O)N[C@H]2C[C@H]3C(=O)N[C@@H]([C@@H](C)CC)C(=O)N3C2)c1. The highest BCUT2D eigenvalue weighted by Gasteiger charge is 2.47. The standard InChI is InChI=1S/C20H28N4O3/c1-4-12(3)17-19(26)24-11-15(10-16(24)18(25)23-17)22-20(27)21-14-8-6-7-13(5-2)9-14/h6-9,12,15-17H,4-5,10-11H2,1-3H3,(H,23,25)(H2,21,22,27)/t12-,15-,16-,17-/m0/s1. The molecule has 7 heteroatoms. The highest BCUT2D eigenvalue weighted by atomic mass is 16.2. The number of amides is 4. The molecule has 2 fully saturated rings. The van der Waals surface area contributed by atoms with Gasteiger partial charge in [0.25, 0.3) is 0 Å². The third-order valence-corrected chi connectivity index (χ3v) is 5.59. The van der Waals surface area contributed by atoms with Crippen molar-refractivity contribution in [2.45, 2.75) is 58.2 Å². The molecule has 4 amide bonds. The topological polar surface area (TPSA) is 90.5 Å². The molecule has 0 unspecified atom stereocenters. The molecule has 1 aromatic carbocycles. The first-order valence-electron chi connectivity index (χ1n) is 9.70. The van der Waals surface area contributed by atoms with E-state index in [0.29, 0.717) is 13.0 Å². The van der Waals surface area contributed by atoms with Crippen molar-refractivity contribution in [3.8, 4) is 0 Å². The van der Waals surface area contributed by atoms with Crippen LogP contribution in [0.15, 0.2) is 24.3 Å². The minimum Gasteiger partial charge on any atom is -0.342 e. The molecule has 0 saturated carbocycles. The summed E-state index contributed by atoms with van der Waals surface area (Å²) in [5.41, 5.74) is 1.87. The van der Waals surface area contributed by atoms with Gasteiger partial charge >= 0.3 is 6.03 Å². The Labute approximate surface area is 159 Å². The van der Waals surface area contributed by atoms with Crippen molar-refractivity contribution in [1.29, 1.82) is 0 Å². The lowest BCUT2D eigenvalue weighted by molar-refractivity contribution is -0.148. The fraction of sp³-hybridized carbons (Fsp3) is 0.550. The smallest absolute Gasteiger partial charge is 0.319 e. The molecule has 4 atom stereocenters. The van der Waals surface area contributed by atoms with Crippen LogP contribution >= 0.6 is 0 Å². The molecular formula is C20H28N4O3. The molecule has 2 aliphatic heterocycles. The molecular weight excluding hydrogens is 344 g/mol. The van der Waals surface area contributed by atoms with Crippen LogP contribution in [-0.4, -0.2) is 47.4 Å². The van der Waals surface area contributed by atoms with Gasteiger partial charge in [-0.05, 0) is 36.5 Å². The number of carbonyl (C=O) groups is 3. The van der Waals surface area contributed by atoms with Gasteiger partial charge in [-0.3, -0.25) is 9.59 Å². The van der Waals surface area contributed by atoms with Crippen LogP contribution in [0.1, 0.15) is 39.2 Å². The summed E-state index contributed by atoms with van der Waals surface area (Å²) in [5.74, 6) is -0.0851. The highest BCUT2D eigenvalue weighted by Crippen LogP contribution is 2.26. The van der Waals surface area contributed by atoms with Crippen LogP contribution < -0.4 is 16.0 Å². The Balaban J connectivity index is 1.61. The van der Waals surface area contributed by atoms with Gasteiger partial charge < -0.3 is 20.9 Å². The van der Waals surface area contributed by atoms with Gasteiger partial charge in [-0.25, -0.2) is 4.79 Å². The number of benzene rings is 1. The number of nitrogens with one attached hydrogen (secondary N) is 3. The van der Waals surface area contributed by atoms with Gasteiger partial charge in [0.1, 0.15) is 12.1 Å². The average molecular weight is 372 g/mol. The monoisotopic (exact) mass is 372 g/mol. The number of nitrogens with zero attached hydrogens (tertiary/aromatic N) is 1. The second kappa shape index (κ2) is 7.98. The summed E-state index contributed by atoms with van der Waals surface area (Å²) in [6.45, 7) is 6.39. The summed E-state index contributed by atoms with van der Waals surface area (Å²) in [7, 11) is 0. The average Bonchev–Trinajstić information content (AvgIpc) is 3.08. The summed E-state index contributed by atoms with van der Waals surface area (Å²) < 4.78 is 0. The van der Waals surface area contributed by atoms with Crippen LogP contribution in [0.4, 0.5) is 10.5 Å². The first-order chi connectivity index (χ1) is 12.9. The van der Waals surface area contributed by atoms with E-state index in [1.54, 1.807) is 4.90 Å². The number of fused-ring (bicyclic) bond motifs is 1. The number of carbonyl (C=O) groups excluding carboxylic acids is 3. The van der Waals surface area contributed by atoms with Crippen LogP contribution in [-0.2, 0) is 16.0 Å². The summed E-state index contributed by atoms with van der Waals surface area (Å²) in [5, 5.41) is 8.58. The van der Waals surface area contributed by atoms with Crippen LogP contribution in [0, 0.1) is 5.92 Å². The maximum atomic E-state index is 12.7. The van der Waals surface area contributed by atoms with Gasteiger partial charge in [-0.15, -0.1) is 0 Å². The quantitative estimate of drug-likeness (QED) is 0.737. The van der Waals surface area contributed by atoms with Gasteiger partial charge in [0.2, 0.25) is 11.8 Å². The van der Waals surface area contributed by atoms with Crippen molar-refractivity contribution >= 4 is 23.5 Å². The molecule has 7 nitrogen and oxygen atoms in total. The number of aryl methyl sites for hydroxylation is 1. The molecule has 0 bridgehead atoms. The molecule has 0 spiro atoms. The third kappa shape index (κ3) is 4.07. The van der Waals surface area contributed by atoms with E-state index in [2.05, 4.69) is 22.9 Å². The first-order valence-corrected chi connectivity index (χ1v) is 9.70. The highest BCUT2D eigenvalue weighted by molar-refractivity contribution is 5.98. The molecule has 2 saturated heterocycles. The molecule has 27 heavy (non-hydrogen) atoms. The van der Waals surface area contributed by atoms with E-state index in [9.17, 15) is 14.4 Å². The van der Waals surface area contributed by atoms with Crippen LogP contribution in [0.3, 0.4) is 0 Å². The summed E-state index contributed by atoms with van der Waals surface area (Å²) in [6.07, 6.45) is 2.15. The molecule has 0 aromatic heterocycles. The van der Waals surface area contributed by atoms with Crippen LogP contribution in [0.25, 0.3) is 0 Å². The lowest BCUT2D eigenvalue weighted by atomic mass is 9.95. The summed E-state index contributed by atoms with van der Waals surface area (Å²) in [4.78, 5) is 39.1. The van der Waals surface area contributed by atoms with Crippen molar-refractivity contribution in [3.63, 3.8) is 0 Å². The molecule has 1 aromatic rings. The predicted molar refractivity (Wildman–Crippen MR) is 103 cm³/mol. The Morgan fingerprint density at radius 3 is 2.81 bits per heavy atom. The molecule has 2 heterocycles. The number of hydrogen-bond acceptors (Lipinski definition) is 3. The van der Waals surface area contributed by atoms with Gasteiger partial charge in [0, 0.05) is 12.2 Å². The van der Waals surface area contributed by atoms with E-state index < -0.39 is 12.1 Å². The van der Waals surface area contributed by atoms with Gasteiger partial charge in [-0.2, -0.15) is 0 Å². The predicted octanol–water partition coefficient (Wildman–Crippen LogP) is 1.88. The Morgan fingerprint density at radius 2 is 2.11 bits per heavy atom. The Bertz CT molecular complexity index is 736. The van der Waals surface area contributed by atoms with Crippen LogP contribution in [0.5, 0.6) is 0 Å². The van der Waals surface area contributed by atoms with E-state index in [4.69, 9.17) is 0 Å². The Morgan fingerprint density at radius 1 is 1.33 bits per heavy atom. The van der Waals surface area contributed by atoms with Crippen molar-refractivity contribution in [1.82, 2.24) is 15.5 Å². The van der Waals surface area contributed by atoms with Crippen molar-refractivity contribution in [3.05, 3.63) is 29.8 Å². The fourth-order valence-electron chi connectivity index (χ4n) is 3.77. The summed E-state index contributed by atoms with van der Waals surface area (Å²) >= 11 is 0. The maximum absolute atomic E-state index is 12.7. The van der Waals surface area contributed by atoms with Crippen molar-refractivity contribution < 1.29 is 14.4 Å². The van der Waals surface area contributed by atoms with Crippen molar-refractivity contribution in [2.24, 2.45) is 5.92 Å². The molecule has 0 aliphatic carbocycles. The zero-order chi connectivity index (χ0) is 19.6. The van der Waals surface area contributed by atoms with E-state index in [1.165, 1.54) is 0 Å². The lowest BCUT2D eigenvalue weighted by Crippen LogP contribution is -2.62. The minimum atomic E-state index is -0.494. The number of urea groups is 1. The normalized spacial score (nSPS) is 25.6. The number of anilines is 1. The second-order valence-electron chi connectivity index (χ2n) is 7.46. The molecule has 146 valence electrons. The number of hydrogen-bond donors (Lipinski definition) is 3. The molecule has 2 aliphatic rings. The van der Waals surface area contributed by atoms with Crippen molar-refractivity contribution in [2.75, 3.05) is 11.9 Å². The lowest BCUT2D eigenvalue weighted by Gasteiger charge is -2.36. The van der Waals surface area contributed by atoms with Gasteiger partial charge in [-0.1, -0.05) is 39.3 Å². The fourth-order valence-corrected chi connectivity index (χ4v) is 3.77. The van der Waals surface area contributed by atoms with E-state index in [0.717, 1.165) is 24.1 Å². The summed E-state index contributed by atoms with van der Waals surface area (Å²) in [6, 6.07) is 6.16. The Hall–Kier alpha value is -2.57. The molecule has 0 radical (unpaired) electrons. The van der Waals surface area contributed by atoms with Gasteiger partial charge in [0.05, 0.1) is 6.04 Å². The minimum absolute atomic E-state index is 0.0469. The maximum Gasteiger partial charge on any atom is 0.319 e. The number of rotatable bonds is 5.